The maximum Gasteiger partial charge on any atom is 0.188 e. The fourth-order valence-corrected chi connectivity index (χ4v) is 2.63. The lowest BCUT2D eigenvalue weighted by molar-refractivity contribution is 0.187. The molecule has 0 radical (unpaired) electrons. The Bertz CT molecular complexity index is 258. The monoisotopic (exact) mass is 396 g/mol. The molecule has 0 aromatic carbocycles. The van der Waals surface area contributed by atoms with E-state index < -0.39 is 0 Å². The quantitative estimate of drug-likeness (QED) is 0.287. The van der Waals surface area contributed by atoms with Crippen molar-refractivity contribution in [1.29, 1.82) is 0 Å². The van der Waals surface area contributed by atoms with Gasteiger partial charge in [-0.25, -0.2) is 0 Å². The van der Waals surface area contributed by atoms with E-state index in [-0.39, 0.29) is 24.0 Å². The number of unbranched alkanes of at least 4 members (excludes halogenated alkanes) is 3. The molecular formula is C15H33IN4. The van der Waals surface area contributed by atoms with Gasteiger partial charge < -0.3 is 16.0 Å². The molecule has 1 atom stereocenters. The number of rotatable bonds is 8. The van der Waals surface area contributed by atoms with E-state index in [1.54, 1.807) is 0 Å². The van der Waals surface area contributed by atoms with Crippen molar-refractivity contribution in [2.45, 2.75) is 52.4 Å². The van der Waals surface area contributed by atoms with Crippen LogP contribution in [0.4, 0.5) is 0 Å². The zero-order valence-electron chi connectivity index (χ0n) is 13.2. The zero-order valence-corrected chi connectivity index (χ0v) is 15.6. The molecule has 120 valence electrons. The van der Waals surface area contributed by atoms with Gasteiger partial charge in [-0.3, -0.25) is 4.99 Å². The maximum atomic E-state index is 5.85. The highest BCUT2D eigenvalue weighted by atomic mass is 127. The first-order valence-electron chi connectivity index (χ1n) is 7.98. The first-order valence-corrected chi connectivity index (χ1v) is 7.98. The van der Waals surface area contributed by atoms with Crippen LogP contribution in [0, 0.1) is 5.92 Å². The van der Waals surface area contributed by atoms with Gasteiger partial charge in [0.2, 0.25) is 0 Å². The molecule has 1 rings (SSSR count). The lowest BCUT2D eigenvalue weighted by Crippen LogP contribution is -2.42. The molecule has 0 aromatic heterocycles. The normalized spacial score (nSPS) is 20.5. The summed E-state index contributed by atoms with van der Waals surface area (Å²) >= 11 is 0. The predicted molar refractivity (Wildman–Crippen MR) is 98.9 cm³/mol. The SMILES string of the molecule is CCCCCCN=C(N)NCCN1CCCC(C)C1.I. The van der Waals surface area contributed by atoms with Gasteiger partial charge in [0, 0.05) is 26.2 Å². The summed E-state index contributed by atoms with van der Waals surface area (Å²) in [6.07, 6.45) is 7.70. The second-order valence-electron chi connectivity index (χ2n) is 5.80. The minimum absolute atomic E-state index is 0. The van der Waals surface area contributed by atoms with Crippen molar-refractivity contribution < 1.29 is 0 Å². The maximum absolute atomic E-state index is 5.85. The van der Waals surface area contributed by atoms with E-state index in [1.165, 1.54) is 45.2 Å². The Labute approximate surface area is 142 Å². The Hall–Kier alpha value is -0.0400. The lowest BCUT2D eigenvalue weighted by Gasteiger charge is -2.30. The van der Waals surface area contributed by atoms with Crippen LogP contribution in [-0.2, 0) is 0 Å². The summed E-state index contributed by atoms with van der Waals surface area (Å²) in [4.78, 5) is 6.88. The molecule has 0 aromatic rings. The number of hydrogen-bond donors (Lipinski definition) is 2. The molecule has 3 N–H and O–H groups in total. The highest BCUT2D eigenvalue weighted by Gasteiger charge is 2.15. The molecule has 1 unspecified atom stereocenters. The third-order valence-electron chi connectivity index (χ3n) is 3.77. The Kier molecular flexibility index (Phi) is 12.7. The minimum Gasteiger partial charge on any atom is -0.370 e. The van der Waals surface area contributed by atoms with Crippen molar-refractivity contribution in [2.24, 2.45) is 16.6 Å². The van der Waals surface area contributed by atoms with Gasteiger partial charge in [-0.1, -0.05) is 33.1 Å². The van der Waals surface area contributed by atoms with E-state index in [4.69, 9.17) is 5.73 Å². The molecule has 0 spiro atoms. The van der Waals surface area contributed by atoms with E-state index in [2.05, 4.69) is 29.1 Å². The van der Waals surface area contributed by atoms with Crippen molar-refractivity contribution in [3.8, 4) is 0 Å². The average molecular weight is 396 g/mol. The first-order chi connectivity index (χ1) is 9.22. The zero-order chi connectivity index (χ0) is 13.9. The van der Waals surface area contributed by atoms with Crippen LogP contribution >= 0.6 is 24.0 Å². The van der Waals surface area contributed by atoms with Crippen molar-refractivity contribution in [3.63, 3.8) is 0 Å². The van der Waals surface area contributed by atoms with Crippen molar-refractivity contribution >= 4 is 29.9 Å². The molecule has 1 aliphatic heterocycles. The number of aliphatic imine (C=N–C) groups is 1. The average Bonchev–Trinajstić information content (AvgIpc) is 2.38. The van der Waals surface area contributed by atoms with Crippen LogP contribution in [0.3, 0.4) is 0 Å². The molecule has 0 aliphatic carbocycles. The van der Waals surface area contributed by atoms with Gasteiger partial charge in [-0.15, -0.1) is 24.0 Å². The Balaban J connectivity index is 0.00000361. The number of nitrogens with zero attached hydrogens (tertiary/aromatic N) is 2. The summed E-state index contributed by atoms with van der Waals surface area (Å²) in [6, 6.07) is 0. The van der Waals surface area contributed by atoms with Crippen LogP contribution < -0.4 is 11.1 Å². The summed E-state index contributed by atoms with van der Waals surface area (Å²) in [5, 5.41) is 3.22. The van der Waals surface area contributed by atoms with Crippen LogP contribution in [0.5, 0.6) is 0 Å². The Morgan fingerprint density at radius 1 is 1.35 bits per heavy atom. The Morgan fingerprint density at radius 3 is 2.85 bits per heavy atom. The largest absolute Gasteiger partial charge is 0.370 e. The third-order valence-corrected chi connectivity index (χ3v) is 3.77. The van der Waals surface area contributed by atoms with Gasteiger partial charge in [0.1, 0.15) is 0 Å². The van der Waals surface area contributed by atoms with Crippen LogP contribution in [0.1, 0.15) is 52.4 Å². The topological polar surface area (TPSA) is 53.6 Å². The van der Waals surface area contributed by atoms with Gasteiger partial charge >= 0.3 is 0 Å². The summed E-state index contributed by atoms with van der Waals surface area (Å²) in [5.74, 6) is 1.46. The number of halogens is 1. The minimum atomic E-state index is 0. The van der Waals surface area contributed by atoms with Crippen LogP contribution in [0.15, 0.2) is 4.99 Å². The molecule has 5 heteroatoms. The molecule has 4 nitrogen and oxygen atoms in total. The number of likely N-dealkylation sites (tertiary alicyclic amines) is 1. The highest BCUT2D eigenvalue weighted by Crippen LogP contribution is 2.14. The smallest absolute Gasteiger partial charge is 0.188 e. The summed E-state index contributed by atoms with van der Waals surface area (Å²) in [6.45, 7) is 9.88. The molecule has 0 saturated carbocycles. The van der Waals surface area contributed by atoms with Crippen molar-refractivity contribution in [1.82, 2.24) is 10.2 Å². The standard InChI is InChI=1S/C15H32N4.HI/c1-3-4-5-6-9-17-15(16)18-10-12-19-11-7-8-14(2)13-19;/h14H,3-13H2,1-2H3,(H3,16,17,18);1H. The van der Waals surface area contributed by atoms with Crippen molar-refractivity contribution in [2.75, 3.05) is 32.7 Å². The van der Waals surface area contributed by atoms with Crippen LogP contribution in [-0.4, -0.2) is 43.6 Å². The van der Waals surface area contributed by atoms with Gasteiger partial charge in [0.15, 0.2) is 5.96 Å². The molecule has 1 heterocycles. The van der Waals surface area contributed by atoms with Crippen LogP contribution in [0.25, 0.3) is 0 Å². The highest BCUT2D eigenvalue weighted by molar-refractivity contribution is 14.0. The second kappa shape index (κ2) is 12.7. The molecule has 1 aliphatic rings. The van der Waals surface area contributed by atoms with Gasteiger partial charge in [-0.2, -0.15) is 0 Å². The fourth-order valence-electron chi connectivity index (χ4n) is 2.63. The van der Waals surface area contributed by atoms with E-state index in [0.29, 0.717) is 5.96 Å². The summed E-state index contributed by atoms with van der Waals surface area (Å²) in [7, 11) is 0. The number of nitrogens with one attached hydrogen (secondary N) is 1. The molecule has 1 fully saturated rings. The van der Waals surface area contributed by atoms with Gasteiger partial charge in [-0.05, 0) is 31.7 Å². The number of piperidine rings is 1. The van der Waals surface area contributed by atoms with E-state index in [1.807, 2.05) is 0 Å². The van der Waals surface area contributed by atoms with Crippen LogP contribution in [0.2, 0.25) is 0 Å². The molecule has 1 saturated heterocycles. The molecule has 0 amide bonds. The third kappa shape index (κ3) is 9.80. The molecule has 20 heavy (non-hydrogen) atoms. The lowest BCUT2D eigenvalue weighted by atomic mass is 10.0. The number of guanidine groups is 1. The summed E-state index contributed by atoms with van der Waals surface area (Å²) in [5.41, 5.74) is 5.85. The number of hydrogen-bond acceptors (Lipinski definition) is 2. The first kappa shape index (κ1) is 20.0. The van der Waals surface area contributed by atoms with Crippen molar-refractivity contribution in [3.05, 3.63) is 0 Å². The molecular weight excluding hydrogens is 363 g/mol. The second-order valence-corrected chi connectivity index (χ2v) is 5.80. The van der Waals surface area contributed by atoms with E-state index in [9.17, 15) is 0 Å². The molecule has 0 bridgehead atoms. The van der Waals surface area contributed by atoms with E-state index >= 15 is 0 Å². The van der Waals surface area contributed by atoms with E-state index in [0.717, 1.165) is 32.0 Å². The Morgan fingerprint density at radius 2 is 2.15 bits per heavy atom. The van der Waals surface area contributed by atoms with Gasteiger partial charge in [0.25, 0.3) is 0 Å². The number of nitrogens with two attached hydrogens (primary N) is 1. The summed E-state index contributed by atoms with van der Waals surface area (Å²) < 4.78 is 0. The van der Waals surface area contributed by atoms with Gasteiger partial charge in [0.05, 0.1) is 0 Å². The fraction of sp³-hybridized carbons (Fsp3) is 0.933. The predicted octanol–water partition coefficient (Wildman–Crippen LogP) is 2.82.